The minimum absolute atomic E-state index is 0.00576. The molecule has 1 heterocycles. The van der Waals surface area contributed by atoms with Crippen LogP contribution in [0.2, 0.25) is 0 Å². The standard InChI is InChI=1S/C15H21FN2OS/c1-17(2)15(19)13-7-5-9-18(13)10-11-20-14-8-4-3-6-12(14)16/h3-4,6,8,13H,5,7,9-11H2,1-2H3. The van der Waals surface area contributed by atoms with Gasteiger partial charge < -0.3 is 4.90 Å². The van der Waals surface area contributed by atoms with Crippen molar-refractivity contribution < 1.29 is 9.18 Å². The van der Waals surface area contributed by atoms with Crippen LogP contribution in [-0.2, 0) is 4.79 Å². The Morgan fingerprint density at radius 2 is 2.20 bits per heavy atom. The average Bonchev–Trinajstić information content (AvgIpc) is 2.88. The van der Waals surface area contributed by atoms with E-state index in [-0.39, 0.29) is 17.8 Å². The summed E-state index contributed by atoms with van der Waals surface area (Å²) in [6, 6.07) is 6.83. The predicted molar refractivity (Wildman–Crippen MR) is 80.4 cm³/mol. The van der Waals surface area contributed by atoms with Gasteiger partial charge in [0.25, 0.3) is 0 Å². The average molecular weight is 296 g/mol. The largest absolute Gasteiger partial charge is 0.347 e. The number of hydrogen-bond donors (Lipinski definition) is 0. The third kappa shape index (κ3) is 3.73. The van der Waals surface area contributed by atoms with E-state index in [2.05, 4.69) is 4.90 Å². The molecule has 3 nitrogen and oxygen atoms in total. The topological polar surface area (TPSA) is 23.6 Å². The highest BCUT2D eigenvalue weighted by molar-refractivity contribution is 7.99. The molecule has 1 atom stereocenters. The van der Waals surface area contributed by atoms with Gasteiger partial charge in [0, 0.05) is 31.3 Å². The van der Waals surface area contributed by atoms with Crippen molar-refractivity contribution in [3.63, 3.8) is 0 Å². The molecule has 20 heavy (non-hydrogen) atoms. The van der Waals surface area contributed by atoms with Crippen LogP contribution in [0.3, 0.4) is 0 Å². The molecule has 1 aromatic carbocycles. The van der Waals surface area contributed by atoms with Gasteiger partial charge in [0.2, 0.25) is 5.91 Å². The molecule has 0 spiro atoms. The SMILES string of the molecule is CN(C)C(=O)C1CCCN1CCSc1ccccc1F. The van der Waals surface area contributed by atoms with Gasteiger partial charge in [0.05, 0.1) is 6.04 Å². The van der Waals surface area contributed by atoms with Gasteiger partial charge in [-0.25, -0.2) is 4.39 Å². The summed E-state index contributed by atoms with van der Waals surface area (Å²) in [4.78, 5) is 16.6. The van der Waals surface area contributed by atoms with Gasteiger partial charge in [-0.1, -0.05) is 12.1 Å². The molecule has 0 saturated carbocycles. The third-order valence-electron chi connectivity index (χ3n) is 3.56. The highest BCUT2D eigenvalue weighted by Gasteiger charge is 2.31. The molecule has 0 aromatic heterocycles. The molecule has 0 N–H and O–H groups in total. The number of carbonyl (C=O) groups is 1. The number of halogens is 1. The maximum Gasteiger partial charge on any atom is 0.239 e. The van der Waals surface area contributed by atoms with Crippen LogP contribution in [0.5, 0.6) is 0 Å². The first-order valence-electron chi connectivity index (χ1n) is 6.92. The molecule has 0 aliphatic carbocycles. The highest BCUT2D eigenvalue weighted by Crippen LogP contribution is 2.23. The summed E-state index contributed by atoms with van der Waals surface area (Å²) in [7, 11) is 3.60. The van der Waals surface area contributed by atoms with E-state index in [0.717, 1.165) is 31.7 Å². The summed E-state index contributed by atoms with van der Waals surface area (Å²) < 4.78 is 13.5. The van der Waals surface area contributed by atoms with Crippen LogP contribution in [0.15, 0.2) is 29.2 Å². The van der Waals surface area contributed by atoms with Crippen LogP contribution >= 0.6 is 11.8 Å². The van der Waals surface area contributed by atoms with Crippen LogP contribution in [0, 0.1) is 5.82 Å². The van der Waals surface area contributed by atoms with E-state index in [1.165, 1.54) is 17.8 Å². The van der Waals surface area contributed by atoms with Crippen LogP contribution in [0.4, 0.5) is 4.39 Å². The molecule has 1 fully saturated rings. The van der Waals surface area contributed by atoms with Gasteiger partial charge in [0.1, 0.15) is 5.82 Å². The molecule has 1 saturated heterocycles. The van der Waals surface area contributed by atoms with Crippen molar-refractivity contribution in [1.82, 2.24) is 9.80 Å². The van der Waals surface area contributed by atoms with Crippen molar-refractivity contribution in [2.24, 2.45) is 0 Å². The zero-order valence-corrected chi connectivity index (χ0v) is 12.8. The fraction of sp³-hybridized carbons (Fsp3) is 0.533. The Hall–Kier alpha value is -1.07. The summed E-state index contributed by atoms with van der Waals surface area (Å²) >= 11 is 1.51. The lowest BCUT2D eigenvalue weighted by Crippen LogP contribution is -2.43. The van der Waals surface area contributed by atoms with E-state index < -0.39 is 0 Å². The number of rotatable bonds is 5. The van der Waals surface area contributed by atoms with Gasteiger partial charge >= 0.3 is 0 Å². The highest BCUT2D eigenvalue weighted by atomic mass is 32.2. The quantitative estimate of drug-likeness (QED) is 0.780. The summed E-state index contributed by atoms with van der Waals surface area (Å²) in [5, 5.41) is 0. The van der Waals surface area contributed by atoms with E-state index in [4.69, 9.17) is 0 Å². The Bertz CT molecular complexity index is 467. The summed E-state index contributed by atoms with van der Waals surface area (Å²) in [5.41, 5.74) is 0. The second kappa shape index (κ2) is 7.09. The lowest BCUT2D eigenvalue weighted by Gasteiger charge is -2.25. The Morgan fingerprint density at radius 1 is 1.45 bits per heavy atom. The normalized spacial score (nSPS) is 19.2. The smallest absolute Gasteiger partial charge is 0.239 e. The van der Waals surface area contributed by atoms with Gasteiger partial charge in [0.15, 0.2) is 0 Å². The number of nitrogens with zero attached hydrogens (tertiary/aromatic N) is 2. The van der Waals surface area contributed by atoms with Crippen molar-refractivity contribution in [1.29, 1.82) is 0 Å². The summed E-state index contributed by atoms with van der Waals surface area (Å²) in [6.07, 6.45) is 2.00. The second-order valence-electron chi connectivity index (χ2n) is 5.21. The van der Waals surface area contributed by atoms with Gasteiger partial charge in [-0.2, -0.15) is 0 Å². The van der Waals surface area contributed by atoms with E-state index in [9.17, 15) is 9.18 Å². The molecule has 110 valence electrons. The first-order valence-corrected chi connectivity index (χ1v) is 7.90. The Morgan fingerprint density at radius 3 is 2.90 bits per heavy atom. The molecule has 1 unspecified atom stereocenters. The first kappa shape index (κ1) is 15.3. The second-order valence-corrected chi connectivity index (χ2v) is 6.34. The summed E-state index contributed by atoms with van der Waals surface area (Å²) in [5.74, 6) is 0.816. The molecule has 1 aromatic rings. The van der Waals surface area contributed by atoms with Crippen LogP contribution in [0.1, 0.15) is 12.8 Å². The maximum absolute atomic E-state index is 13.5. The lowest BCUT2D eigenvalue weighted by atomic mass is 10.2. The zero-order chi connectivity index (χ0) is 14.5. The Labute approximate surface area is 124 Å². The van der Waals surface area contributed by atoms with Crippen molar-refractivity contribution in [3.8, 4) is 0 Å². The number of likely N-dealkylation sites (tertiary alicyclic amines) is 1. The fourth-order valence-electron chi connectivity index (χ4n) is 2.51. The van der Waals surface area contributed by atoms with Crippen LogP contribution < -0.4 is 0 Å². The summed E-state index contributed by atoms with van der Waals surface area (Å²) in [6.45, 7) is 1.78. The van der Waals surface area contributed by atoms with Crippen LogP contribution in [-0.4, -0.2) is 54.7 Å². The van der Waals surface area contributed by atoms with E-state index in [0.29, 0.717) is 4.90 Å². The maximum atomic E-state index is 13.5. The minimum atomic E-state index is -0.167. The number of hydrogen-bond acceptors (Lipinski definition) is 3. The Kier molecular flexibility index (Phi) is 5.43. The molecule has 1 amide bonds. The van der Waals surface area contributed by atoms with Gasteiger partial charge in [-0.05, 0) is 31.5 Å². The van der Waals surface area contributed by atoms with E-state index in [1.807, 2.05) is 6.07 Å². The monoisotopic (exact) mass is 296 g/mol. The van der Waals surface area contributed by atoms with Gasteiger partial charge in [-0.15, -0.1) is 11.8 Å². The van der Waals surface area contributed by atoms with Crippen molar-refractivity contribution in [2.45, 2.75) is 23.8 Å². The number of benzene rings is 1. The molecular weight excluding hydrogens is 275 g/mol. The number of amides is 1. The lowest BCUT2D eigenvalue weighted by molar-refractivity contribution is -0.133. The fourth-order valence-corrected chi connectivity index (χ4v) is 3.43. The van der Waals surface area contributed by atoms with Gasteiger partial charge in [-0.3, -0.25) is 9.69 Å². The van der Waals surface area contributed by atoms with E-state index in [1.54, 1.807) is 31.1 Å². The number of thioether (sulfide) groups is 1. The molecule has 1 aliphatic rings. The van der Waals surface area contributed by atoms with Crippen molar-refractivity contribution in [3.05, 3.63) is 30.1 Å². The number of likely N-dealkylation sites (N-methyl/N-ethyl adjacent to an activating group) is 1. The molecule has 0 bridgehead atoms. The molecule has 0 radical (unpaired) electrons. The molecule has 1 aliphatic heterocycles. The molecule has 2 rings (SSSR count). The van der Waals surface area contributed by atoms with E-state index >= 15 is 0 Å². The van der Waals surface area contributed by atoms with Crippen molar-refractivity contribution in [2.75, 3.05) is 32.9 Å². The van der Waals surface area contributed by atoms with Crippen molar-refractivity contribution >= 4 is 17.7 Å². The van der Waals surface area contributed by atoms with Crippen LogP contribution in [0.25, 0.3) is 0 Å². The molecular formula is C15H21FN2OS. The zero-order valence-electron chi connectivity index (χ0n) is 12.0. The molecule has 5 heteroatoms. The first-order chi connectivity index (χ1) is 9.59. The minimum Gasteiger partial charge on any atom is -0.347 e. The predicted octanol–water partition coefficient (Wildman–Crippen LogP) is 2.47. The number of carbonyl (C=O) groups excluding carboxylic acids is 1. The Balaban J connectivity index is 1.84. The third-order valence-corrected chi connectivity index (χ3v) is 4.59.